The Labute approximate surface area is 298 Å². The van der Waals surface area contributed by atoms with Gasteiger partial charge < -0.3 is 10.0 Å². The Morgan fingerprint density at radius 1 is 0.878 bits per heavy atom. The number of carbonyl (C=O) groups excluding carboxylic acids is 1. The monoisotopic (exact) mass is 670 g/mol. The Morgan fingerprint density at radius 3 is 2.22 bits per heavy atom. The first kappa shape index (κ1) is 36.6. The minimum atomic E-state index is -0.867. The number of fused-ring (bicyclic) bond motifs is 7. The van der Waals surface area contributed by atoms with Crippen molar-refractivity contribution in [3.63, 3.8) is 0 Å². The number of ketones is 1. The second-order valence-corrected chi connectivity index (χ2v) is 18.7. The molecule has 4 fully saturated rings. The number of hydrogen-bond donors (Lipinski definition) is 1. The van der Waals surface area contributed by atoms with E-state index < -0.39 is 5.97 Å². The molecule has 1 N–H and O–H groups in total. The number of rotatable bonds is 11. The molecule has 4 heteroatoms. The van der Waals surface area contributed by atoms with Gasteiger partial charge in [-0.1, -0.05) is 78.8 Å². The maximum absolute atomic E-state index is 14.6. The number of nitrogens with zero attached hydrogens (tertiary/aromatic N) is 1. The van der Waals surface area contributed by atoms with Gasteiger partial charge in [0.15, 0.2) is 0 Å². The lowest BCUT2D eigenvalue weighted by molar-refractivity contribution is -0.224. The number of allylic oxidation sites excluding steroid dienone is 3. The van der Waals surface area contributed by atoms with Crippen molar-refractivity contribution in [1.82, 2.24) is 4.90 Å². The maximum atomic E-state index is 14.6. The van der Waals surface area contributed by atoms with E-state index in [1.807, 2.05) is 12.1 Å². The van der Waals surface area contributed by atoms with Crippen molar-refractivity contribution in [2.75, 3.05) is 19.6 Å². The molecule has 9 atom stereocenters. The number of hydrogen-bond acceptors (Lipinski definition) is 3. The van der Waals surface area contributed by atoms with Gasteiger partial charge in [0.1, 0.15) is 5.78 Å². The first-order valence-corrected chi connectivity index (χ1v) is 20.1. The molecule has 5 aliphatic rings. The van der Waals surface area contributed by atoms with Crippen molar-refractivity contribution in [1.29, 1.82) is 0 Å². The van der Waals surface area contributed by atoms with Gasteiger partial charge in [0, 0.05) is 11.8 Å². The van der Waals surface area contributed by atoms with Crippen molar-refractivity contribution in [2.24, 2.45) is 56.7 Å². The Balaban J connectivity index is 1.29. The highest BCUT2D eigenvalue weighted by Crippen LogP contribution is 2.78. The van der Waals surface area contributed by atoms with Crippen LogP contribution in [0.2, 0.25) is 0 Å². The van der Waals surface area contributed by atoms with Gasteiger partial charge in [0.2, 0.25) is 0 Å². The van der Waals surface area contributed by atoms with E-state index in [0.717, 1.165) is 58.2 Å². The number of carboxylic acids is 1. The molecule has 0 saturated heterocycles. The lowest BCUT2D eigenvalue weighted by Crippen LogP contribution is -2.65. The van der Waals surface area contributed by atoms with E-state index in [-0.39, 0.29) is 27.1 Å². The predicted octanol–water partition coefficient (Wildman–Crippen LogP) is 11.1. The molecule has 1 aromatic rings. The fourth-order valence-corrected chi connectivity index (χ4v) is 14.0. The third kappa shape index (κ3) is 5.55. The normalized spacial score (nSPS) is 39.3. The van der Waals surface area contributed by atoms with E-state index in [2.05, 4.69) is 72.9 Å². The highest BCUT2D eigenvalue weighted by atomic mass is 16.4. The van der Waals surface area contributed by atoms with E-state index in [9.17, 15) is 14.7 Å². The first-order valence-electron chi connectivity index (χ1n) is 20.1. The zero-order valence-electron chi connectivity index (χ0n) is 32.3. The molecule has 0 aliphatic heterocycles. The van der Waals surface area contributed by atoms with Crippen LogP contribution in [0.25, 0.3) is 5.57 Å². The lowest BCUT2D eigenvalue weighted by Gasteiger charge is -2.72. The summed E-state index contributed by atoms with van der Waals surface area (Å²) in [7, 11) is 0. The summed E-state index contributed by atoms with van der Waals surface area (Å²) >= 11 is 0. The topological polar surface area (TPSA) is 57.6 Å². The molecule has 0 unspecified atom stereocenters. The molecule has 0 amide bonds. The Kier molecular flexibility index (Phi) is 9.77. The fraction of sp³-hybridized carbons (Fsp3) is 0.733. The van der Waals surface area contributed by atoms with Gasteiger partial charge in [-0.15, -0.1) is 0 Å². The van der Waals surface area contributed by atoms with Crippen LogP contribution in [0, 0.1) is 56.7 Å². The average Bonchev–Trinajstić information content (AvgIpc) is 3.46. The molecule has 6 rings (SSSR count). The molecule has 49 heavy (non-hydrogen) atoms. The minimum absolute atomic E-state index is 0.00590. The molecule has 0 spiro atoms. The summed E-state index contributed by atoms with van der Waals surface area (Å²) in [5.74, 6) is 2.44. The summed E-state index contributed by atoms with van der Waals surface area (Å²) < 4.78 is 0. The van der Waals surface area contributed by atoms with E-state index in [1.165, 1.54) is 55.2 Å². The van der Waals surface area contributed by atoms with Crippen LogP contribution in [0.4, 0.5) is 0 Å². The van der Waals surface area contributed by atoms with Crippen LogP contribution in [-0.2, 0) is 4.79 Å². The lowest BCUT2D eigenvalue weighted by atomic mass is 9.32. The summed E-state index contributed by atoms with van der Waals surface area (Å²) in [5.41, 5.74) is 4.76. The number of Topliss-reactive ketones (excluding diaryl/α,β-unsaturated/α-hetero) is 1. The molecule has 0 aromatic heterocycles. The van der Waals surface area contributed by atoms with E-state index in [0.29, 0.717) is 40.9 Å². The van der Waals surface area contributed by atoms with Gasteiger partial charge in [-0.2, -0.15) is 0 Å². The molecule has 5 aliphatic carbocycles. The van der Waals surface area contributed by atoms with Gasteiger partial charge in [0.05, 0.1) is 5.56 Å². The van der Waals surface area contributed by atoms with Crippen LogP contribution in [-0.4, -0.2) is 41.4 Å². The van der Waals surface area contributed by atoms with Crippen LogP contribution in [0.15, 0.2) is 42.5 Å². The summed E-state index contributed by atoms with van der Waals surface area (Å²) in [4.78, 5) is 28.6. The maximum Gasteiger partial charge on any atom is 0.335 e. The molecule has 1 aromatic carbocycles. The molecule has 270 valence electrons. The molecular formula is C45H67NO3. The quantitative estimate of drug-likeness (QED) is 0.238. The third-order valence-corrected chi connectivity index (χ3v) is 16.5. The SMILES string of the molecule is C=C(C)[C@@H]1CC[C@]2(C(=O)CCCN(CC)CCC)CC[C@]3(C)[C@H](CC[C@@H]4[C@@]5(C)CC=C(c6ccc(C(=O)O)cc6)C(C)(C)[C@@H]5CC[C@]43C)[C@@H]12. The van der Waals surface area contributed by atoms with Crippen LogP contribution in [0.3, 0.4) is 0 Å². The Morgan fingerprint density at radius 2 is 1.59 bits per heavy atom. The Bertz CT molecular complexity index is 1470. The standard InChI is InChI=1S/C45H67NO3/c1-10-28-46(11-2)29-12-13-38(47)45-25-20-33(30(3)4)39(45)35-18-19-37-42(7)23-21-34(31-14-16-32(17-15-31)40(48)49)41(5,6)36(42)22-24-44(37,9)43(35,8)26-27-45/h14-17,21,33,35-37,39H,3,10-13,18-20,22-29H2,1-2,4-9H3,(H,48,49)/t33-,35+,36-,37+,39+,42-,43+,44+,45+/m0/s1. The second kappa shape index (κ2) is 13.1. The highest BCUT2D eigenvalue weighted by molar-refractivity contribution is 5.88. The van der Waals surface area contributed by atoms with E-state index >= 15 is 0 Å². The predicted molar refractivity (Wildman–Crippen MR) is 202 cm³/mol. The van der Waals surface area contributed by atoms with Gasteiger partial charge in [-0.25, -0.2) is 4.79 Å². The number of benzene rings is 1. The summed E-state index contributed by atoms with van der Waals surface area (Å²) in [6.07, 6.45) is 16.0. The summed E-state index contributed by atoms with van der Waals surface area (Å²) in [6.45, 7) is 27.5. The van der Waals surface area contributed by atoms with E-state index in [1.54, 1.807) is 12.1 Å². The van der Waals surface area contributed by atoms with Crippen molar-refractivity contribution in [3.05, 3.63) is 53.6 Å². The zero-order chi connectivity index (χ0) is 35.6. The van der Waals surface area contributed by atoms with Crippen molar-refractivity contribution >= 4 is 17.3 Å². The number of carbonyl (C=O) groups is 2. The largest absolute Gasteiger partial charge is 0.478 e. The fourth-order valence-electron chi connectivity index (χ4n) is 14.0. The van der Waals surface area contributed by atoms with Crippen LogP contribution in [0.5, 0.6) is 0 Å². The third-order valence-electron chi connectivity index (χ3n) is 16.5. The Hall–Kier alpha value is -2.20. The van der Waals surface area contributed by atoms with Gasteiger partial charge in [0.25, 0.3) is 0 Å². The molecular weight excluding hydrogens is 602 g/mol. The first-order chi connectivity index (χ1) is 23.1. The van der Waals surface area contributed by atoms with Crippen molar-refractivity contribution in [3.8, 4) is 0 Å². The number of carboxylic acid groups (broad SMARTS) is 1. The second-order valence-electron chi connectivity index (χ2n) is 18.7. The van der Waals surface area contributed by atoms with E-state index in [4.69, 9.17) is 0 Å². The average molecular weight is 670 g/mol. The van der Waals surface area contributed by atoms with Gasteiger partial charge in [-0.3, -0.25) is 4.79 Å². The van der Waals surface area contributed by atoms with Crippen LogP contribution in [0.1, 0.15) is 148 Å². The molecule has 4 nitrogen and oxygen atoms in total. The molecule has 0 bridgehead atoms. The van der Waals surface area contributed by atoms with Crippen LogP contribution >= 0.6 is 0 Å². The van der Waals surface area contributed by atoms with Crippen molar-refractivity contribution in [2.45, 2.75) is 132 Å². The smallest absolute Gasteiger partial charge is 0.335 e. The molecule has 4 saturated carbocycles. The van der Waals surface area contributed by atoms with Gasteiger partial charge in [-0.05, 0) is 172 Å². The summed E-state index contributed by atoms with van der Waals surface area (Å²) in [5, 5.41) is 9.49. The van der Waals surface area contributed by atoms with Crippen LogP contribution < -0.4 is 0 Å². The highest BCUT2D eigenvalue weighted by Gasteiger charge is 2.71. The molecule has 0 radical (unpaired) electrons. The summed E-state index contributed by atoms with van der Waals surface area (Å²) in [6, 6.07) is 7.59. The zero-order valence-corrected chi connectivity index (χ0v) is 32.3. The van der Waals surface area contributed by atoms with Gasteiger partial charge >= 0.3 is 5.97 Å². The minimum Gasteiger partial charge on any atom is -0.478 e. The number of aromatic carboxylic acids is 1. The van der Waals surface area contributed by atoms with Crippen molar-refractivity contribution < 1.29 is 14.7 Å². The molecule has 0 heterocycles.